The highest BCUT2D eigenvalue weighted by Gasteiger charge is 2.29. The molecule has 0 bridgehead atoms. The molecule has 0 saturated carbocycles. The number of ether oxygens (including phenoxy) is 1. The van der Waals surface area contributed by atoms with Crippen LogP contribution in [0.4, 0.5) is 0 Å². The molecule has 0 unspecified atom stereocenters. The lowest BCUT2D eigenvalue weighted by Gasteiger charge is -2.40. The molecule has 1 heterocycles. The molecule has 28 heavy (non-hydrogen) atoms. The maximum Gasteiger partial charge on any atom is 0.255 e. The van der Waals surface area contributed by atoms with Crippen molar-refractivity contribution in [1.29, 1.82) is 0 Å². The van der Waals surface area contributed by atoms with Crippen molar-refractivity contribution in [2.24, 2.45) is 0 Å². The van der Waals surface area contributed by atoms with Gasteiger partial charge in [0.15, 0.2) is 0 Å². The number of para-hydroxylation sites is 1. The zero-order chi connectivity index (χ0) is 19.9. The fourth-order valence-electron chi connectivity index (χ4n) is 3.53. The van der Waals surface area contributed by atoms with Crippen LogP contribution in [0.1, 0.15) is 28.4 Å². The number of nitrogens with zero attached hydrogens (tertiary/aromatic N) is 2. The fraction of sp³-hybridized carbons (Fsp3) is 0.364. The molecule has 2 aromatic rings. The van der Waals surface area contributed by atoms with Crippen LogP contribution in [0.15, 0.2) is 54.6 Å². The Balaban J connectivity index is 1.59. The number of likely N-dealkylation sites (N-methyl/N-ethyl adjacent to an activating group) is 1. The molecular weight excluding hydrogens is 354 g/mol. The van der Waals surface area contributed by atoms with Gasteiger partial charge in [0.25, 0.3) is 5.91 Å². The van der Waals surface area contributed by atoms with Gasteiger partial charge in [-0.15, -0.1) is 0 Å². The van der Waals surface area contributed by atoms with Crippen LogP contribution in [0, 0.1) is 0 Å². The third-order valence-corrected chi connectivity index (χ3v) is 5.06. The van der Waals surface area contributed by atoms with Gasteiger partial charge < -0.3 is 19.9 Å². The number of carbonyl (C=O) groups is 2. The number of hydrogen-bond acceptors (Lipinski definition) is 4. The van der Waals surface area contributed by atoms with Gasteiger partial charge in [-0.2, -0.15) is 0 Å². The molecule has 0 spiro atoms. The highest BCUT2D eigenvalue weighted by atomic mass is 16.5. The van der Waals surface area contributed by atoms with Crippen LogP contribution in [0.2, 0.25) is 0 Å². The summed E-state index contributed by atoms with van der Waals surface area (Å²) in [5, 5.41) is 2.83. The number of rotatable bonds is 6. The van der Waals surface area contributed by atoms with E-state index in [1.807, 2.05) is 29.2 Å². The van der Waals surface area contributed by atoms with Gasteiger partial charge in [-0.05, 0) is 24.7 Å². The summed E-state index contributed by atoms with van der Waals surface area (Å²) >= 11 is 0. The lowest BCUT2D eigenvalue weighted by Crippen LogP contribution is -2.49. The van der Waals surface area contributed by atoms with Crippen molar-refractivity contribution < 1.29 is 14.3 Å². The van der Waals surface area contributed by atoms with E-state index in [9.17, 15) is 9.59 Å². The minimum Gasteiger partial charge on any atom is -0.496 e. The predicted octanol–water partition coefficient (Wildman–Crippen LogP) is 2.33. The van der Waals surface area contributed by atoms with Gasteiger partial charge >= 0.3 is 0 Å². The van der Waals surface area contributed by atoms with E-state index in [1.165, 1.54) is 7.11 Å². The molecular formula is C22H27N3O3. The predicted molar refractivity (Wildman–Crippen MR) is 108 cm³/mol. The van der Waals surface area contributed by atoms with Crippen molar-refractivity contribution in [2.45, 2.75) is 12.5 Å². The summed E-state index contributed by atoms with van der Waals surface area (Å²) in [6.07, 6.45) is 0.272. The molecule has 1 atom stereocenters. The number of nitrogens with one attached hydrogen (secondary N) is 1. The Kier molecular flexibility index (Phi) is 6.66. The number of benzene rings is 2. The number of hydrogen-bond donors (Lipinski definition) is 1. The summed E-state index contributed by atoms with van der Waals surface area (Å²) in [6, 6.07) is 17.2. The molecule has 1 N–H and O–H groups in total. The third-order valence-electron chi connectivity index (χ3n) is 5.06. The smallest absolute Gasteiger partial charge is 0.255 e. The standard InChI is InChI=1S/C22H27N3O3/c1-24-14-15-25(19(16-24)17-8-4-3-5-9-17)21(26)12-13-23-22(27)18-10-6-7-11-20(18)28-2/h3-11,19H,12-16H2,1-2H3,(H,23,27)/t19-/m1/s1. The summed E-state index contributed by atoms with van der Waals surface area (Å²) in [4.78, 5) is 29.4. The van der Waals surface area contributed by atoms with E-state index in [2.05, 4.69) is 29.4 Å². The Bertz CT molecular complexity index is 810. The molecule has 2 aromatic carbocycles. The summed E-state index contributed by atoms with van der Waals surface area (Å²) in [5.41, 5.74) is 1.61. The van der Waals surface area contributed by atoms with E-state index in [1.54, 1.807) is 18.2 Å². The van der Waals surface area contributed by atoms with Crippen LogP contribution >= 0.6 is 0 Å². The van der Waals surface area contributed by atoms with Crippen LogP contribution in [0.25, 0.3) is 0 Å². The largest absolute Gasteiger partial charge is 0.496 e. The number of methoxy groups -OCH3 is 1. The summed E-state index contributed by atoms with van der Waals surface area (Å²) in [5.74, 6) is 0.347. The first-order valence-corrected chi connectivity index (χ1v) is 9.54. The number of piperazine rings is 1. The summed E-state index contributed by atoms with van der Waals surface area (Å²) in [6.45, 7) is 2.64. The van der Waals surface area contributed by atoms with Crippen molar-refractivity contribution in [3.63, 3.8) is 0 Å². The van der Waals surface area contributed by atoms with Crippen LogP contribution in [0.5, 0.6) is 5.75 Å². The molecule has 1 aliphatic rings. The molecule has 1 saturated heterocycles. The average molecular weight is 381 g/mol. The van der Waals surface area contributed by atoms with E-state index in [-0.39, 0.29) is 24.3 Å². The fourth-order valence-corrected chi connectivity index (χ4v) is 3.53. The highest BCUT2D eigenvalue weighted by Crippen LogP contribution is 2.25. The molecule has 148 valence electrons. The molecule has 6 heteroatoms. The zero-order valence-corrected chi connectivity index (χ0v) is 16.4. The monoisotopic (exact) mass is 381 g/mol. The Labute approximate surface area is 166 Å². The third kappa shape index (κ3) is 4.70. The first-order valence-electron chi connectivity index (χ1n) is 9.54. The second kappa shape index (κ2) is 9.37. The first kappa shape index (κ1) is 19.9. The first-order chi connectivity index (χ1) is 13.6. The van der Waals surface area contributed by atoms with E-state index >= 15 is 0 Å². The highest BCUT2D eigenvalue weighted by molar-refractivity contribution is 5.97. The SMILES string of the molecule is COc1ccccc1C(=O)NCCC(=O)N1CCN(C)C[C@@H]1c1ccccc1. The lowest BCUT2D eigenvalue weighted by molar-refractivity contribution is -0.136. The second-order valence-corrected chi connectivity index (χ2v) is 6.98. The molecule has 1 aliphatic heterocycles. The van der Waals surface area contributed by atoms with Gasteiger partial charge in [-0.1, -0.05) is 42.5 Å². The van der Waals surface area contributed by atoms with Crippen molar-refractivity contribution in [2.75, 3.05) is 40.3 Å². The lowest BCUT2D eigenvalue weighted by atomic mass is 10.0. The van der Waals surface area contributed by atoms with Crippen LogP contribution in [-0.2, 0) is 4.79 Å². The van der Waals surface area contributed by atoms with Gasteiger partial charge in [0.2, 0.25) is 5.91 Å². The second-order valence-electron chi connectivity index (χ2n) is 6.98. The molecule has 1 fully saturated rings. The molecule has 2 amide bonds. The normalized spacial score (nSPS) is 17.2. The molecule has 6 nitrogen and oxygen atoms in total. The van der Waals surface area contributed by atoms with Gasteiger partial charge in [-0.25, -0.2) is 0 Å². The molecule has 0 aromatic heterocycles. The quantitative estimate of drug-likeness (QED) is 0.834. The number of amides is 2. The van der Waals surface area contributed by atoms with Crippen molar-refractivity contribution in [3.8, 4) is 5.75 Å². The maximum absolute atomic E-state index is 12.9. The summed E-state index contributed by atoms with van der Waals surface area (Å²) in [7, 11) is 3.61. The molecule has 0 radical (unpaired) electrons. The van der Waals surface area contributed by atoms with E-state index in [0.717, 1.165) is 18.7 Å². The maximum atomic E-state index is 12.9. The van der Waals surface area contributed by atoms with Crippen LogP contribution < -0.4 is 10.1 Å². The number of carbonyl (C=O) groups excluding carboxylic acids is 2. The van der Waals surface area contributed by atoms with Gasteiger partial charge in [0, 0.05) is 32.6 Å². The Morgan fingerprint density at radius 1 is 1.07 bits per heavy atom. The topological polar surface area (TPSA) is 61.9 Å². The van der Waals surface area contributed by atoms with Crippen molar-refractivity contribution in [1.82, 2.24) is 15.1 Å². The van der Waals surface area contributed by atoms with E-state index in [0.29, 0.717) is 24.4 Å². The van der Waals surface area contributed by atoms with E-state index in [4.69, 9.17) is 4.74 Å². The zero-order valence-electron chi connectivity index (χ0n) is 16.4. The van der Waals surface area contributed by atoms with Crippen LogP contribution in [0.3, 0.4) is 0 Å². The minimum absolute atomic E-state index is 0.0392. The molecule has 0 aliphatic carbocycles. The Hall–Kier alpha value is -2.86. The Morgan fingerprint density at radius 2 is 1.79 bits per heavy atom. The Morgan fingerprint density at radius 3 is 2.54 bits per heavy atom. The van der Waals surface area contributed by atoms with Gasteiger partial charge in [0.05, 0.1) is 18.7 Å². The summed E-state index contributed by atoms with van der Waals surface area (Å²) < 4.78 is 5.22. The van der Waals surface area contributed by atoms with Gasteiger partial charge in [-0.3, -0.25) is 9.59 Å². The average Bonchev–Trinajstić information content (AvgIpc) is 2.74. The van der Waals surface area contributed by atoms with Gasteiger partial charge in [0.1, 0.15) is 5.75 Å². The minimum atomic E-state index is -0.233. The van der Waals surface area contributed by atoms with Crippen molar-refractivity contribution in [3.05, 3.63) is 65.7 Å². The van der Waals surface area contributed by atoms with Crippen LogP contribution in [-0.4, -0.2) is 62.0 Å². The van der Waals surface area contributed by atoms with Crippen molar-refractivity contribution >= 4 is 11.8 Å². The molecule has 3 rings (SSSR count). The van der Waals surface area contributed by atoms with E-state index < -0.39 is 0 Å².